The average Bonchev–Trinajstić information content (AvgIpc) is 3.21. The molecule has 1 heterocycles. The molecule has 0 aliphatic rings. The number of Topliss-reactive ketones (excluding diaryl/α,β-unsaturated/α-hetero) is 1. The van der Waals surface area contributed by atoms with Crippen molar-refractivity contribution in [3.63, 3.8) is 0 Å². The highest BCUT2D eigenvalue weighted by atomic mass is 16.5. The number of aliphatic hydroxyl groups excluding tert-OH is 1. The number of imidazole rings is 1. The van der Waals surface area contributed by atoms with Crippen molar-refractivity contribution >= 4 is 28.4 Å². The quantitative estimate of drug-likeness (QED) is 0.271. The van der Waals surface area contributed by atoms with Gasteiger partial charge in [-0.1, -0.05) is 19.1 Å². The Morgan fingerprint density at radius 1 is 1.21 bits per heavy atom. The Hall–Kier alpha value is -3.23. The molecule has 176 valence electrons. The summed E-state index contributed by atoms with van der Waals surface area (Å²) in [6.07, 6.45) is 3.20. The number of hydrogen-bond acceptors (Lipinski definition) is 6. The number of carbonyl (C=O) groups is 2. The van der Waals surface area contributed by atoms with Crippen LogP contribution in [0.1, 0.15) is 43.5 Å². The fourth-order valence-corrected chi connectivity index (χ4v) is 3.54. The molecule has 0 spiro atoms. The van der Waals surface area contributed by atoms with Gasteiger partial charge in [0.2, 0.25) is 5.91 Å². The van der Waals surface area contributed by atoms with Gasteiger partial charge >= 0.3 is 0 Å². The van der Waals surface area contributed by atoms with Gasteiger partial charge in [-0.25, -0.2) is 4.98 Å². The number of nitrogens with one attached hydrogen (secondary N) is 2. The largest absolute Gasteiger partial charge is 0.490 e. The molecule has 0 saturated carbocycles. The van der Waals surface area contributed by atoms with E-state index in [1.807, 2.05) is 31.5 Å². The number of hydrogen-bond donors (Lipinski definition) is 3. The van der Waals surface area contributed by atoms with E-state index in [4.69, 9.17) is 4.74 Å². The second-order valence-electron chi connectivity index (χ2n) is 8.01. The Morgan fingerprint density at radius 3 is 2.82 bits per heavy atom. The van der Waals surface area contributed by atoms with Crippen molar-refractivity contribution in [1.29, 1.82) is 0 Å². The maximum atomic E-state index is 12.0. The average molecular weight is 453 g/mol. The van der Waals surface area contributed by atoms with Gasteiger partial charge in [0.15, 0.2) is 5.78 Å². The van der Waals surface area contributed by atoms with Crippen LogP contribution in [0.4, 0.5) is 5.69 Å². The Labute approximate surface area is 194 Å². The number of amides is 1. The lowest BCUT2D eigenvalue weighted by Crippen LogP contribution is -2.32. The molecule has 1 aromatic heterocycles. The SMILES string of the molecule is CCCC(=O)Nc1ccc(OCC(O)CNCCCn2cnc3ccccc32)c(C(C)=O)c1. The fraction of sp³-hybridized carbons (Fsp3) is 0.400. The Morgan fingerprint density at radius 2 is 2.03 bits per heavy atom. The molecule has 8 heteroatoms. The summed E-state index contributed by atoms with van der Waals surface area (Å²) >= 11 is 0. The van der Waals surface area contributed by atoms with Crippen molar-refractivity contribution in [2.45, 2.75) is 45.8 Å². The molecular weight excluding hydrogens is 420 g/mol. The Balaban J connectivity index is 1.41. The van der Waals surface area contributed by atoms with Gasteiger partial charge in [-0.2, -0.15) is 0 Å². The van der Waals surface area contributed by atoms with E-state index in [2.05, 4.69) is 26.3 Å². The second kappa shape index (κ2) is 12.1. The smallest absolute Gasteiger partial charge is 0.224 e. The number of benzene rings is 2. The summed E-state index contributed by atoms with van der Waals surface area (Å²) < 4.78 is 7.82. The first-order valence-electron chi connectivity index (χ1n) is 11.3. The van der Waals surface area contributed by atoms with Crippen LogP contribution in [0.5, 0.6) is 5.75 Å². The van der Waals surface area contributed by atoms with Gasteiger partial charge in [0, 0.05) is 25.2 Å². The van der Waals surface area contributed by atoms with Crippen molar-refractivity contribution in [2.24, 2.45) is 0 Å². The third-order valence-corrected chi connectivity index (χ3v) is 5.21. The van der Waals surface area contributed by atoms with E-state index in [1.165, 1.54) is 6.92 Å². The molecule has 8 nitrogen and oxygen atoms in total. The van der Waals surface area contributed by atoms with Crippen LogP contribution in [0.3, 0.4) is 0 Å². The molecule has 3 rings (SSSR count). The van der Waals surface area contributed by atoms with Crippen LogP contribution >= 0.6 is 0 Å². The summed E-state index contributed by atoms with van der Waals surface area (Å²) in [5.74, 6) is 0.127. The van der Waals surface area contributed by atoms with E-state index < -0.39 is 6.10 Å². The number of carbonyl (C=O) groups excluding carboxylic acids is 2. The number of nitrogens with zero attached hydrogens (tertiary/aromatic N) is 2. The maximum Gasteiger partial charge on any atom is 0.224 e. The molecule has 0 fully saturated rings. The normalized spacial score (nSPS) is 12.0. The minimum absolute atomic E-state index is 0.0565. The number of para-hydroxylation sites is 2. The summed E-state index contributed by atoms with van der Waals surface area (Å²) in [5.41, 5.74) is 3.03. The highest BCUT2D eigenvalue weighted by molar-refractivity contribution is 5.99. The first-order valence-corrected chi connectivity index (χ1v) is 11.3. The standard InChI is InChI=1S/C25H32N4O4/c1-3-7-25(32)28-19-10-11-24(21(14-19)18(2)30)33-16-20(31)15-26-12-6-13-29-17-27-22-8-4-5-9-23(22)29/h4-5,8-11,14,17,20,26,31H,3,6-7,12-13,15-16H2,1-2H3,(H,28,32). The predicted molar refractivity (Wildman–Crippen MR) is 129 cm³/mol. The van der Waals surface area contributed by atoms with Gasteiger partial charge < -0.3 is 25.0 Å². The van der Waals surface area contributed by atoms with Crippen LogP contribution in [-0.2, 0) is 11.3 Å². The fourth-order valence-electron chi connectivity index (χ4n) is 3.54. The molecule has 0 aliphatic heterocycles. The molecule has 0 saturated heterocycles. The number of aryl methyl sites for hydroxylation is 1. The number of aliphatic hydroxyl groups is 1. The lowest BCUT2D eigenvalue weighted by Gasteiger charge is -2.16. The van der Waals surface area contributed by atoms with Crippen molar-refractivity contribution in [2.75, 3.05) is 25.0 Å². The summed E-state index contributed by atoms with van der Waals surface area (Å²) in [7, 11) is 0. The van der Waals surface area contributed by atoms with E-state index in [0.717, 1.165) is 37.0 Å². The van der Waals surface area contributed by atoms with Crippen LogP contribution < -0.4 is 15.4 Å². The molecule has 1 amide bonds. The molecule has 3 N–H and O–H groups in total. The third-order valence-electron chi connectivity index (χ3n) is 5.21. The lowest BCUT2D eigenvalue weighted by atomic mass is 10.1. The summed E-state index contributed by atoms with van der Waals surface area (Å²) in [6, 6.07) is 13.0. The van der Waals surface area contributed by atoms with Crippen molar-refractivity contribution < 1.29 is 19.4 Å². The monoisotopic (exact) mass is 452 g/mol. The van der Waals surface area contributed by atoms with Gasteiger partial charge in [-0.15, -0.1) is 0 Å². The van der Waals surface area contributed by atoms with Crippen molar-refractivity contribution in [1.82, 2.24) is 14.9 Å². The van der Waals surface area contributed by atoms with Gasteiger partial charge in [0.05, 0.1) is 22.9 Å². The highest BCUT2D eigenvalue weighted by Gasteiger charge is 2.13. The van der Waals surface area contributed by atoms with Gasteiger partial charge in [0.25, 0.3) is 0 Å². The van der Waals surface area contributed by atoms with Crippen LogP contribution in [0.25, 0.3) is 11.0 Å². The van der Waals surface area contributed by atoms with E-state index in [0.29, 0.717) is 30.0 Å². The molecule has 1 atom stereocenters. The zero-order chi connectivity index (χ0) is 23.6. The molecule has 3 aromatic rings. The van der Waals surface area contributed by atoms with Crippen LogP contribution in [0.2, 0.25) is 0 Å². The molecule has 0 bridgehead atoms. The van der Waals surface area contributed by atoms with Gasteiger partial charge in [-0.05, 0) is 56.6 Å². The van der Waals surface area contributed by atoms with Crippen molar-refractivity contribution in [3.05, 3.63) is 54.4 Å². The zero-order valence-corrected chi connectivity index (χ0v) is 19.2. The zero-order valence-electron chi connectivity index (χ0n) is 19.2. The first-order chi connectivity index (χ1) is 16.0. The van der Waals surface area contributed by atoms with Crippen LogP contribution in [0, 0.1) is 0 Å². The molecule has 0 aliphatic carbocycles. The summed E-state index contributed by atoms with van der Waals surface area (Å²) in [5, 5.41) is 16.3. The topological polar surface area (TPSA) is 105 Å². The van der Waals surface area contributed by atoms with E-state index in [1.54, 1.807) is 18.2 Å². The lowest BCUT2D eigenvalue weighted by molar-refractivity contribution is -0.116. The minimum Gasteiger partial charge on any atom is -0.490 e. The van der Waals surface area contributed by atoms with E-state index in [-0.39, 0.29) is 18.3 Å². The van der Waals surface area contributed by atoms with Crippen molar-refractivity contribution in [3.8, 4) is 5.75 Å². The first kappa shape index (κ1) is 24.4. The third kappa shape index (κ3) is 7.13. The minimum atomic E-state index is -0.720. The molecule has 0 radical (unpaired) electrons. The number of ketones is 1. The molecule has 1 unspecified atom stereocenters. The summed E-state index contributed by atoms with van der Waals surface area (Å²) in [6.45, 7) is 5.39. The Kier molecular flexibility index (Phi) is 8.97. The van der Waals surface area contributed by atoms with Gasteiger partial charge in [0.1, 0.15) is 18.5 Å². The predicted octanol–water partition coefficient (Wildman–Crippen LogP) is 3.40. The highest BCUT2D eigenvalue weighted by Crippen LogP contribution is 2.24. The Bertz CT molecular complexity index is 1080. The number of ether oxygens (including phenoxy) is 1. The molecular formula is C25H32N4O4. The number of fused-ring (bicyclic) bond motifs is 1. The van der Waals surface area contributed by atoms with Crippen LogP contribution in [0.15, 0.2) is 48.8 Å². The van der Waals surface area contributed by atoms with Gasteiger partial charge in [-0.3, -0.25) is 9.59 Å². The second-order valence-corrected chi connectivity index (χ2v) is 8.01. The van der Waals surface area contributed by atoms with E-state index in [9.17, 15) is 14.7 Å². The number of rotatable bonds is 13. The van der Waals surface area contributed by atoms with Crippen LogP contribution in [-0.4, -0.2) is 52.1 Å². The number of anilines is 1. The maximum absolute atomic E-state index is 12.0. The van der Waals surface area contributed by atoms with E-state index >= 15 is 0 Å². The molecule has 33 heavy (non-hydrogen) atoms. The summed E-state index contributed by atoms with van der Waals surface area (Å²) in [4.78, 5) is 28.2. The molecule has 2 aromatic carbocycles. The number of aromatic nitrogens is 2.